The molecule has 1 amide bonds. The minimum atomic E-state index is -0.0862. The van der Waals surface area contributed by atoms with Gasteiger partial charge in [0.25, 0.3) is 0 Å². The molecule has 0 atom stereocenters. The average Bonchev–Trinajstić information content (AvgIpc) is 3.38. The molecule has 3 heterocycles. The van der Waals surface area contributed by atoms with E-state index in [9.17, 15) is 4.79 Å². The fourth-order valence-electron chi connectivity index (χ4n) is 3.90. The highest BCUT2D eigenvalue weighted by molar-refractivity contribution is 7.15. The zero-order valence-corrected chi connectivity index (χ0v) is 18.7. The number of carbonyl (C=O) groups excluding carboxylic acids is 1. The van der Waals surface area contributed by atoms with E-state index in [0.717, 1.165) is 38.5 Å². The molecule has 0 aliphatic carbocycles. The highest BCUT2D eigenvalue weighted by Gasteiger charge is 2.15. The van der Waals surface area contributed by atoms with Gasteiger partial charge < -0.3 is 5.32 Å². The summed E-state index contributed by atoms with van der Waals surface area (Å²) in [7, 11) is 0. The van der Waals surface area contributed by atoms with Gasteiger partial charge in [-0.2, -0.15) is 5.10 Å². The van der Waals surface area contributed by atoms with Gasteiger partial charge in [0.15, 0.2) is 5.65 Å². The Kier molecular flexibility index (Phi) is 5.36. The van der Waals surface area contributed by atoms with Crippen LogP contribution in [0.15, 0.2) is 54.6 Å². The normalized spacial score (nSPS) is 11.3. The lowest BCUT2D eigenvalue weighted by atomic mass is 10.1. The van der Waals surface area contributed by atoms with Crippen molar-refractivity contribution >= 4 is 38.9 Å². The van der Waals surface area contributed by atoms with Crippen LogP contribution in [0, 0.1) is 13.8 Å². The van der Waals surface area contributed by atoms with Crippen LogP contribution in [0.3, 0.4) is 0 Å². The zero-order chi connectivity index (χ0) is 22.1. The van der Waals surface area contributed by atoms with Crippen LogP contribution in [0.2, 0.25) is 0 Å². The number of benzene rings is 2. The number of anilines is 1. The van der Waals surface area contributed by atoms with Gasteiger partial charge in [-0.25, -0.2) is 9.50 Å². The second-order valence-electron chi connectivity index (χ2n) is 7.73. The van der Waals surface area contributed by atoms with Crippen molar-refractivity contribution < 1.29 is 4.79 Å². The summed E-state index contributed by atoms with van der Waals surface area (Å²) in [6.07, 6.45) is 1.62. The van der Waals surface area contributed by atoms with Gasteiger partial charge in [-0.05, 0) is 43.5 Å². The molecule has 0 bridgehead atoms. The van der Waals surface area contributed by atoms with Crippen molar-refractivity contribution in [3.8, 4) is 0 Å². The Morgan fingerprint density at radius 3 is 2.66 bits per heavy atom. The molecule has 0 fully saturated rings. The Hall–Kier alpha value is -3.65. The molecule has 0 saturated carbocycles. The molecule has 8 heteroatoms. The van der Waals surface area contributed by atoms with E-state index in [2.05, 4.69) is 32.7 Å². The number of aryl methyl sites for hydroxylation is 2. The first-order valence-corrected chi connectivity index (χ1v) is 11.3. The van der Waals surface area contributed by atoms with Crippen molar-refractivity contribution in [2.45, 2.75) is 33.1 Å². The quantitative estimate of drug-likeness (QED) is 0.418. The van der Waals surface area contributed by atoms with Gasteiger partial charge in [0.1, 0.15) is 5.01 Å². The Bertz CT molecular complexity index is 1420. The number of carbonyl (C=O) groups is 1. The van der Waals surface area contributed by atoms with Gasteiger partial charge in [-0.1, -0.05) is 53.8 Å². The van der Waals surface area contributed by atoms with Crippen LogP contribution in [0.1, 0.15) is 33.9 Å². The first-order chi connectivity index (χ1) is 15.6. The van der Waals surface area contributed by atoms with Crippen molar-refractivity contribution in [2.75, 3.05) is 5.32 Å². The molecular formula is C24H22N6OS. The maximum absolute atomic E-state index is 12.6. The largest absolute Gasteiger partial charge is 0.301 e. The van der Waals surface area contributed by atoms with Gasteiger partial charge in [0.05, 0.1) is 5.52 Å². The summed E-state index contributed by atoms with van der Waals surface area (Å²) in [5.41, 5.74) is 5.92. The number of fused-ring (bicyclic) bond motifs is 3. The van der Waals surface area contributed by atoms with Gasteiger partial charge in [-0.15, -0.1) is 10.2 Å². The molecule has 5 aromatic rings. The van der Waals surface area contributed by atoms with Crippen LogP contribution in [-0.2, 0) is 17.6 Å². The van der Waals surface area contributed by atoms with Crippen molar-refractivity contribution in [1.29, 1.82) is 0 Å². The molecule has 1 N–H and O–H groups in total. The second kappa shape index (κ2) is 8.47. The van der Waals surface area contributed by atoms with E-state index in [-0.39, 0.29) is 5.91 Å². The molecular weight excluding hydrogens is 420 g/mol. The number of rotatable bonds is 6. The molecule has 3 aromatic heterocycles. The molecule has 2 aromatic carbocycles. The van der Waals surface area contributed by atoms with Crippen LogP contribution in [-0.4, -0.2) is 30.7 Å². The topological polar surface area (TPSA) is 85.1 Å². The van der Waals surface area contributed by atoms with Gasteiger partial charge in [-0.3, -0.25) is 4.79 Å². The zero-order valence-electron chi connectivity index (χ0n) is 17.9. The fourth-order valence-corrected chi connectivity index (χ4v) is 4.69. The van der Waals surface area contributed by atoms with Crippen LogP contribution in [0.5, 0.6) is 0 Å². The van der Waals surface area contributed by atoms with E-state index >= 15 is 0 Å². The Balaban J connectivity index is 1.27. The second-order valence-corrected chi connectivity index (χ2v) is 8.79. The summed E-state index contributed by atoms with van der Waals surface area (Å²) in [5, 5.41) is 18.3. The van der Waals surface area contributed by atoms with Gasteiger partial charge in [0.2, 0.25) is 11.0 Å². The maximum atomic E-state index is 12.6. The molecule has 0 aliphatic heterocycles. The third kappa shape index (κ3) is 3.97. The summed E-state index contributed by atoms with van der Waals surface area (Å²) in [5.74, 6) is -0.0862. The predicted molar refractivity (Wildman–Crippen MR) is 126 cm³/mol. The number of hydrogen-bond acceptors (Lipinski definition) is 6. The highest BCUT2D eigenvalue weighted by Crippen LogP contribution is 2.23. The van der Waals surface area contributed by atoms with Crippen LogP contribution < -0.4 is 5.32 Å². The lowest BCUT2D eigenvalue weighted by molar-refractivity contribution is -0.116. The van der Waals surface area contributed by atoms with Crippen molar-refractivity contribution in [1.82, 2.24) is 24.8 Å². The summed E-state index contributed by atoms with van der Waals surface area (Å²) >= 11 is 1.41. The smallest absolute Gasteiger partial charge is 0.226 e. The van der Waals surface area contributed by atoms with E-state index < -0.39 is 0 Å². The number of amides is 1. The summed E-state index contributed by atoms with van der Waals surface area (Å²) in [6, 6.07) is 18.1. The van der Waals surface area contributed by atoms with Crippen LogP contribution in [0.25, 0.3) is 16.6 Å². The first kappa shape index (κ1) is 20.3. The molecule has 32 heavy (non-hydrogen) atoms. The fraction of sp³-hybridized carbons (Fsp3) is 0.208. The van der Waals surface area contributed by atoms with E-state index in [1.54, 1.807) is 0 Å². The standard InChI is InChI=1S/C24H22N6OS/c1-15-18(16(2)30-23(25-15)19-10-6-7-11-20(19)29-30)12-13-21(31)26-24-28-27-22(32-24)14-17-8-4-3-5-9-17/h3-11H,12-14H2,1-2H3,(H,26,28,31). The molecule has 5 rings (SSSR count). The van der Waals surface area contributed by atoms with Crippen molar-refractivity contribution in [2.24, 2.45) is 0 Å². The molecule has 0 saturated heterocycles. The molecule has 0 unspecified atom stereocenters. The van der Waals surface area contributed by atoms with Crippen molar-refractivity contribution in [3.63, 3.8) is 0 Å². The minimum absolute atomic E-state index is 0.0862. The van der Waals surface area contributed by atoms with Gasteiger partial charge in [0, 0.05) is 29.6 Å². The lowest BCUT2D eigenvalue weighted by Crippen LogP contribution is -2.14. The maximum Gasteiger partial charge on any atom is 0.226 e. The highest BCUT2D eigenvalue weighted by atomic mass is 32.1. The summed E-state index contributed by atoms with van der Waals surface area (Å²) in [4.78, 5) is 17.3. The first-order valence-electron chi connectivity index (χ1n) is 10.5. The third-order valence-electron chi connectivity index (χ3n) is 5.53. The molecule has 0 aliphatic rings. The Morgan fingerprint density at radius 2 is 1.81 bits per heavy atom. The third-order valence-corrected chi connectivity index (χ3v) is 6.37. The van der Waals surface area contributed by atoms with Crippen LogP contribution >= 0.6 is 11.3 Å². The summed E-state index contributed by atoms with van der Waals surface area (Å²) in [6.45, 7) is 4.02. The Labute approximate surface area is 189 Å². The molecule has 7 nitrogen and oxygen atoms in total. The molecule has 160 valence electrons. The van der Waals surface area contributed by atoms with E-state index in [1.165, 1.54) is 16.9 Å². The van der Waals surface area contributed by atoms with E-state index in [0.29, 0.717) is 24.4 Å². The number of aromatic nitrogens is 5. The lowest BCUT2D eigenvalue weighted by Gasteiger charge is -2.10. The molecule has 0 radical (unpaired) electrons. The average molecular weight is 443 g/mol. The number of nitrogens with zero attached hydrogens (tertiary/aromatic N) is 5. The van der Waals surface area contributed by atoms with Crippen molar-refractivity contribution in [3.05, 3.63) is 82.1 Å². The molecule has 0 spiro atoms. The Morgan fingerprint density at radius 1 is 1.03 bits per heavy atom. The minimum Gasteiger partial charge on any atom is -0.301 e. The van der Waals surface area contributed by atoms with E-state index in [4.69, 9.17) is 4.98 Å². The number of hydrogen-bond donors (Lipinski definition) is 1. The predicted octanol–water partition coefficient (Wildman–Crippen LogP) is 4.51. The monoisotopic (exact) mass is 442 g/mol. The van der Waals surface area contributed by atoms with E-state index in [1.807, 2.05) is 60.8 Å². The summed E-state index contributed by atoms with van der Waals surface area (Å²) < 4.78 is 1.88. The van der Waals surface area contributed by atoms with Gasteiger partial charge >= 0.3 is 0 Å². The number of nitrogens with one attached hydrogen (secondary N) is 1. The van der Waals surface area contributed by atoms with Crippen LogP contribution in [0.4, 0.5) is 5.13 Å². The SMILES string of the molecule is Cc1nc2c3ccccc3nn2c(C)c1CCC(=O)Nc1nnc(Cc2ccccc2)s1.